The summed E-state index contributed by atoms with van der Waals surface area (Å²) in [6.45, 7) is 1.98. The molecule has 2 aromatic heterocycles. The first-order valence-corrected chi connectivity index (χ1v) is 8.70. The van der Waals surface area contributed by atoms with Crippen molar-refractivity contribution in [1.29, 1.82) is 0 Å². The number of carbonyl (C=O) groups excluding carboxylic acids is 1. The quantitative estimate of drug-likeness (QED) is 0.699. The number of aryl methyl sites for hydroxylation is 1. The number of hydrazone groups is 1. The molecular formula is C19H16N2O2S. The van der Waals surface area contributed by atoms with Gasteiger partial charge in [-0.1, -0.05) is 17.7 Å². The second kappa shape index (κ2) is 6.09. The zero-order chi connectivity index (χ0) is 16.5. The summed E-state index contributed by atoms with van der Waals surface area (Å²) in [5.74, 6) is 0.648. The summed E-state index contributed by atoms with van der Waals surface area (Å²) in [6.07, 6.45) is 2.29. The fraction of sp³-hybridized carbons (Fsp3) is 0.158. The van der Waals surface area contributed by atoms with Crippen LogP contribution in [0.4, 0.5) is 0 Å². The summed E-state index contributed by atoms with van der Waals surface area (Å²) in [5, 5.41) is 10.3. The normalized spacial score (nSPS) is 17.1. The number of nitrogens with zero attached hydrogens (tertiary/aromatic N) is 2. The van der Waals surface area contributed by atoms with Crippen molar-refractivity contribution < 1.29 is 9.21 Å². The molecule has 0 bridgehead atoms. The van der Waals surface area contributed by atoms with Gasteiger partial charge in [0.2, 0.25) is 0 Å². The van der Waals surface area contributed by atoms with Crippen LogP contribution in [-0.2, 0) is 0 Å². The number of hydrogen-bond acceptors (Lipinski definition) is 4. The first kappa shape index (κ1) is 14.9. The van der Waals surface area contributed by atoms with Crippen LogP contribution in [0.1, 0.15) is 39.7 Å². The van der Waals surface area contributed by atoms with E-state index in [1.807, 2.05) is 54.8 Å². The maximum atomic E-state index is 13.0. The lowest BCUT2D eigenvalue weighted by Gasteiger charge is -2.20. The number of hydrogen-bond donors (Lipinski definition) is 0. The molecule has 0 N–H and O–H groups in total. The maximum absolute atomic E-state index is 13.0. The predicted octanol–water partition coefficient (Wildman–Crippen LogP) is 4.64. The molecule has 0 radical (unpaired) electrons. The minimum Gasteiger partial charge on any atom is -0.467 e. The number of thiophene rings is 1. The van der Waals surface area contributed by atoms with Crippen molar-refractivity contribution in [3.05, 3.63) is 81.9 Å². The molecule has 0 fully saturated rings. The Labute approximate surface area is 144 Å². The largest absolute Gasteiger partial charge is 0.467 e. The zero-order valence-corrected chi connectivity index (χ0v) is 14.0. The molecule has 3 aromatic rings. The summed E-state index contributed by atoms with van der Waals surface area (Å²) in [5.41, 5.74) is 3.67. The standard InChI is InChI=1S/C19H16N2O2S/c1-13-4-2-5-14(10-13)19(22)21-17(18-6-3-8-23-18)11-16(20-21)15-7-9-24-12-15/h2-10,12,17H,11H2,1H3. The van der Waals surface area contributed by atoms with Crippen molar-refractivity contribution in [2.45, 2.75) is 19.4 Å². The molecule has 4 nitrogen and oxygen atoms in total. The maximum Gasteiger partial charge on any atom is 0.274 e. The second-order valence-electron chi connectivity index (χ2n) is 5.81. The van der Waals surface area contributed by atoms with Gasteiger partial charge < -0.3 is 4.42 Å². The molecule has 1 aliphatic rings. The van der Waals surface area contributed by atoms with E-state index in [2.05, 4.69) is 10.5 Å². The van der Waals surface area contributed by atoms with Gasteiger partial charge in [0.1, 0.15) is 11.8 Å². The Balaban J connectivity index is 1.72. The third-order valence-corrected chi connectivity index (χ3v) is 4.79. The zero-order valence-electron chi connectivity index (χ0n) is 13.2. The summed E-state index contributed by atoms with van der Waals surface area (Å²) < 4.78 is 5.56. The molecule has 24 heavy (non-hydrogen) atoms. The number of rotatable bonds is 3. The lowest BCUT2D eigenvalue weighted by molar-refractivity contribution is 0.0692. The van der Waals surface area contributed by atoms with Gasteiger partial charge in [0, 0.05) is 17.5 Å². The van der Waals surface area contributed by atoms with Crippen molar-refractivity contribution in [3.8, 4) is 0 Å². The van der Waals surface area contributed by atoms with Gasteiger partial charge >= 0.3 is 0 Å². The molecule has 1 aliphatic heterocycles. The Morgan fingerprint density at radius 2 is 2.21 bits per heavy atom. The van der Waals surface area contributed by atoms with E-state index in [0.29, 0.717) is 12.0 Å². The highest BCUT2D eigenvalue weighted by Crippen LogP contribution is 2.34. The SMILES string of the molecule is Cc1cccc(C(=O)N2N=C(c3ccsc3)CC2c2ccco2)c1. The molecular weight excluding hydrogens is 320 g/mol. The summed E-state index contributed by atoms with van der Waals surface area (Å²) >= 11 is 1.63. The molecule has 120 valence electrons. The van der Waals surface area contributed by atoms with Crippen LogP contribution in [0, 0.1) is 6.92 Å². The number of benzene rings is 1. The van der Waals surface area contributed by atoms with Crippen LogP contribution >= 0.6 is 11.3 Å². The van der Waals surface area contributed by atoms with Crippen LogP contribution in [0.5, 0.6) is 0 Å². The van der Waals surface area contributed by atoms with Gasteiger partial charge in [-0.3, -0.25) is 4.79 Å². The predicted molar refractivity (Wildman–Crippen MR) is 94.3 cm³/mol. The second-order valence-corrected chi connectivity index (χ2v) is 6.59. The molecule has 0 spiro atoms. The molecule has 1 amide bonds. The van der Waals surface area contributed by atoms with Crippen LogP contribution in [-0.4, -0.2) is 16.6 Å². The van der Waals surface area contributed by atoms with E-state index in [9.17, 15) is 4.79 Å². The molecule has 1 aromatic carbocycles. The first-order valence-electron chi connectivity index (χ1n) is 7.76. The third kappa shape index (κ3) is 2.67. The average Bonchev–Trinajstić information content (AvgIpc) is 3.32. The Hall–Kier alpha value is -2.66. The van der Waals surface area contributed by atoms with Crippen LogP contribution in [0.2, 0.25) is 0 Å². The Morgan fingerprint density at radius 3 is 2.92 bits per heavy atom. The monoisotopic (exact) mass is 336 g/mol. The molecule has 5 heteroatoms. The fourth-order valence-corrected chi connectivity index (χ4v) is 3.58. The lowest BCUT2D eigenvalue weighted by Crippen LogP contribution is -2.26. The van der Waals surface area contributed by atoms with Gasteiger partial charge in [0.05, 0.1) is 12.0 Å². The van der Waals surface area contributed by atoms with Crippen molar-refractivity contribution in [2.24, 2.45) is 5.10 Å². The van der Waals surface area contributed by atoms with Gasteiger partial charge in [0.25, 0.3) is 5.91 Å². The molecule has 1 atom stereocenters. The molecule has 0 saturated carbocycles. The van der Waals surface area contributed by atoms with E-state index >= 15 is 0 Å². The highest BCUT2D eigenvalue weighted by Gasteiger charge is 2.35. The van der Waals surface area contributed by atoms with E-state index in [1.54, 1.807) is 22.6 Å². The number of furan rings is 1. The topological polar surface area (TPSA) is 45.8 Å². The van der Waals surface area contributed by atoms with E-state index in [-0.39, 0.29) is 11.9 Å². The van der Waals surface area contributed by atoms with Gasteiger partial charge in [-0.05, 0) is 48.0 Å². The van der Waals surface area contributed by atoms with Gasteiger partial charge in [-0.2, -0.15) is 16.4 Å². The highest BCUT2D eigenvalue weighted by molar-refractivity contribution is 7.08. The van der Waals surface area contributed by atoms with Gasteiger partial charge in [0.15, 0.2) is 0 Å². The summed E-state index contributed by atoms with van der Waals surface area (Å²) in [6, 6.07) is 13.1. The van der Waals surface area contributed by atoms with E-state index in [0.717, 1.165) is 22.6 Å². The molecule has 0 saturated heterocycles. The van der Waals surface area contributed by atoms with Crippen molar-refractivity contribution in [2.75, 3.05) is 0 Å². The Morgan fingerprint density at radius 1 is 1.29 bits per heavy atom. The van der Waals surface area contributed by atoms with E-state index in [1.165, 1.54) is 0 Å². The fourth-order valence-electron chi connectivity index (χ4n) is 2.91. The number of amides is 1. The average molecular weight is 336 g/mol. The minimum atomic E-state index is -0.206. The Kier molecular flexibility index (Phi) is 3.78. The summed E-state index contributed by atoms with van der Waals surface area (Å²) in [4.78, 5) is 13.0. The number of carbonyl (C=O) groups is 1. The molecule has 4 rings (SSSR count). The molecule has 3 heterocycles. The van der Waals surface area contributed by atoms with Crippen molar-refractivity contribution in [3.63, 3.8) is 0 Å². The van der Waals surface area contributed by atoms with E-state index in [4.69, 9.17) is 4.42 Å². The van der Waals surface area contributed by atoms with Gasteiger partial charge in [-0.15, -0.1) is 0 Å². The lowest BCUT2D eigenvalue weighted by atomic mass is 10.0. The third-order valence-electron chi connectivity index (χ3n) is 4.11. The summed E-state index contributed by atoms with van der Waals surface area (Å²) in [7, 11) is 0. The van der Waals surface area contributed by atoms with Crippen molar-refractivity contribution >= 4 is 23.0 Å². The smallest absolute Gasteiger partial charge is 0.274 e. The molecule has 0 aliphatic carbocycles. The van der Waals surface area contributed by atoms with Crippen molar-refractivity contribution in [1.82, 2.24) is 5.01 Å². The van der Waals surface area contributed by atoms with Crippen LogP contribution in [0.3, 0.4) is 0 Å². The van der Waals surface area contributed by atoms with Crippen LogP contribution < -0.4 is 0 Å². The Bertz CT molecular complexity index is 882. The van der Waals surface area contributed by atoms with Gasteiger partial charge in [-0.25, -0.2) is 5.01 Å². The highest BCUT2D eigenvalue weighted by atomic mass is 32.1. The van der Waals surface area contributed by atoms with Crippen LogP contribution in [0.15, 0.2) is 69.0 Å². The molecule has 1 unspecified atom stereocenters. The minimum absolute atomic E-state index is 0.106. The first-order chi connectivity index (χ1) is 11.7. The van der Waals surface area contributed by atoms with E-state index < -0.39 is 0 Å². The van der Waals surface area contributed by atoms with Crippen LogP contribution in [0.25, 0.3) is 0 Å².